The van der Waals surface area contributed by atoms with Crippen molar-refractivity contribution in [1.82, 2.24) is 4.90 Å². The highest BCUT2D eigenvalue weighted by molar-refractivity contribution is 6.30. The summed E-state index contributed by atoms with van der Waals surface area (Å²) in [6, 6.07) is 1.26. The van der Waals surface area contributed by atoms with E-state index in [1.54, 1.807) is 0 Å². The van der Waals surface area contributed by atoms with Gasteiger partial charge in [0.25, 0.3) is 5.92 Å². The Kier molecular flexibility index (Phi) is 3.84. The second-order valence-corrected chi connectivity index (χ2v) is 5.09. The molecule has 20 heavy (non-hydrogen) atoms. The zero-order valence-corrected chi connectivity index (χ0v) is 10.9. The predicted octanol–water partition coefficient (Wildman–Crippen LogP) is 2.35. The lowest BCUT2D eigenvalue weighted by molar-refractivity contribution is -0.00119. The molecule has 0 saturated carbocycles. The quantitative estimate of drug-likeness (QED) is 0.881. The Morgan fingerprint density at radius 2 is 2.20 bits per heavy atom. The van der Waals surface area contributed by atoms with E-state index in [4.69, 9.17) is 22.4 Å². The van der Waals surface area contributed by atoms with E-state index in [9.17, 15) is 18.0 Å². The van der Waals surface area contributed by atoms with Gasteiger partial charge in [-0.1, -0.05) is 23.7 Å². The summed E-state index contributed by atoms with van der Waals surface area (Å²) in [6.45, 7) is -0.990. The molecule has 2 atom stereocenters. The van der Waals surface area contributed by atoms with Gasteiger partial charge < -0.3 is 10.8 Å². The number of hydrogen-bond acceptors (Lipinski definition) is 2. The van der Waals surface area contributed by atoms with Crippen LogP contribution in [0.25, 0.3) is 0 Å². The lowest BCUT2D eigenvalue weighted by Gasteiger charge is -2.23. The molecular weight excluding hydrogens is 297 g/mol. The molecule has 8 heteroatoms. The normalized spacial score (nSPS) is 24.9. The minimum Gasteiger partial charge on any atom is -0.465 e. The number of benzene rings is 1. The van der Waals surface area contributed by atoms with Gasteiger partial charge in [-0.25, -0.2) is 18.0 Å². The third-order valence-electron chi connectivity index (χ3n) is 3.39. The number of alkyl halides is 2. The monoisotopic (exact) mass is 308 g/mol. The largest absolute Gasteiger partial charge is 0.465 e. The number of likely N-dealkylation sites (tertiary alicyclic amines) is 1. The summed E-state index contributed by atoms with van der Waals surface area (Å²) in [6.07, 6.45) is -1.76. The molecule has 0 unspecified atom stereocenters. The van der Waals surface area contributed by atoms with Crippen molar-refractivity contribution < 1.29 is 23.1 Å². The Bertz CT molecular complexity index is 541. The van der Waals surface area contributed by atoms with E-state index >= 15 is 0 Å². The summed E-state index contributed by atoms with van der Waals surface area (Å²) in [7, 11) is 0. The molecule has 3 N–H and O–H groups in total. The zero-order chi connectivity index (χ0) is 15.1. The highest BCUT2D eigenvalue weighted by Crippen LogP contribution is 2.33. The van der Waals surface area contributed by atoms with Crippen LogP contribution >= 0.6 is 11.6 Å². The molecule has 1 fully saturated rings. The van der Waals surface area contributed by atoms with E-state index < -0.39 is 36.5 Å². The van der Waals surface area contributed by atoms with Crippen molar-refractivity contribution in [3.05, 3.63) is 34.6 Å². The standard InChI is InChI=1S/C12H12ClF3N2O2/c13-7-3-1-2-6(9(7)14)4-8-10(17)12(15,16)5-18(8)11(19)20/h1-3,8,10H,4-5,17H2,(H,19,20)/t8-,10+/m0/s1. The van der Waals surface area contributed by atoms with Crippen molar-refractivity contribution in [3.63, 3.8) is 0 Å². The molecule has 1 aliphatic heterocycles. The zero-order valence-electron chi connectivity index (χ0n) is 10.2. The number of carbonyl (C=O) groups is 1. The van der Waals surface area contributed by atoms with Gasteiger partial charge >= 0.3 is 6.09 Å². The first kappa shape index (κ1) is 14.9. The van der Waals surface area contributed by atoms with Crippen LogP contribution in [-0.2, 0) is 6.42 Å². The second-order valence-electron chi connectivity index (χ2n) is 4.68. The maximum atomic E-state index is 13.8. The van der Waals surface area contributed by atoms with E-state index in [2.05, 4.69) is 0 Å². The van der Waals surface area contributed by atoms with Crippen molar-refractivity contribution in [2.75, 3.05) is 6.54 Å². The highest BCUT2D eigenvalue weighted by atomic mass is 35.5. The minimum absolute atomic E-state index is 0.0573. The molecule has 0 radical (unpaired) electrons. The van der Waals surface area contributed by atoms with Gasteiger partial charge in [0.1, 0.15) is 5.82 Å². The molecule has 0 aromatic heterocycles. The molecule has 2 rings (SSSR count). The van der Waals surface area contributed by atoms with Crippen LogP contribution in [0.3, 0.4) is 0 Å². The minimum atomic E-state index is -3.34. The number of hydrogen-bond donors (Lipinski definition) is 2. The molecule has 110 valence electrons. The first-order chi connectivity index (χ1) is 9.24. The summed E-state index contributed by atoms with van der Waals surface area (Å²) >= 11 is 5.61. The molecule has 1 aliphatic rings. The van der Waals surface area contributed by atoms with Crippen LogP contribution in [0.15, 0.2) is 18.2 Å². The average molecular weight is 309 g/mol. The van der Waals surface area contributed by atoms with E-state index in [1.807, 2.05) is 0 Å². The van der Waals surface area contributed by atoms with Crippen molar-refractivity contribution in [3.8, 4) is 0 Å². The summed E-state index contributed by atoms with van der Waals surface area (Å²) in [5, 5.41) is 8.80. The summed E-state index contributed by atoms with van der Waals surface area (Å²) < 4.78 is 40.8. The fraction of sp³-hybridized carbons (Fsp3) is 0.417. The molecule has 1 aromatic rings. The van der Waals surface area contributed by atoms with Gasteiger partial charge in [0, 0.05) is 0 Å². The van der Waals surface area contributed by atoms with E-state index in [0.29, 0.717) is 4.90 Å². The third-order valence-corrected chi connectivity index (χ3v) is 3.68. The topological polar surface area (TPSA) is 66.6 Å². The molecule has 1 aromatic carbocycles. The summed E-state index contributed by atoms with van der Waals surface area (Å²) in [5.74, 6) is -4.08. The Balaban J connectivity index is 2.30. The number of rotatable bonds is 2. The number of nitrogens with zero attached hydrogens (tertiary/aromatic N) is 1. The van der Waals surface area contributed by atoms with Crippen LogP contribution < -0.4 is 5.73 Å². The van der Waals surface area contributed by atoms with E-state index in [0.717, 1.165) is 0 Å². The van der Waals surface area contributed by atoms with E-state index in [-0.39, 0.29) is 17.0 Å². The Hall–Kier alpha value is -1.47. The van der Waals surface area contributed by atoms with Gasteiger partial charge in [-0.15, -0.1) is 0 Å². The van der Waals surface area contributed by atoms with Crippen molar-refractivity contribution in [2.45, 2.75) is 24.4 Å². The predicted molar refractivity (Wildman–Crippen MR) is 66.6 cm³/mol. The lowest BCUT2D eigenvalue weighted by Crippen LogP contribution is -2.47. The van der Waals surface area contributed by atoms with Gasteiger partial charge in [0.15, 0.2) is 0 Å². The first-order valence-corrected chi connectivity index (χ1v) is 6.17. The molecule has 0 spiro atoms. The number of halogens is 4. The van der Waals surface area contributed by atoms with Gasteiger partial charge in [-0.05, 0) is 18.1 Å². The highest BCUT2D eigenvalue weighted by Gasteiger charge is 2.54. The second kappa shape index (κ2) is 5.14. The first-order valence-electron chi connectivity index (χ1n) is 5.80. The van der Waals surface area contributed by atoms with Crippen LogP contribution in [0.4, 0.5) is 18.0 Å². The van der Waals surface area contributed by atoms with Gasteiger partial charge in [-0.3, -0.25) is 4.90 Å². The van der Waals surface area contributed by atoms with Crippen molar-refractivity contribution >= 4 is 17.7 Å². The summed E-state index contributed by atoms with van der Waals surface area (Å²) in [5.41, 5.74) is 5.47. The molecule has 1 saturated heterocycles. The fourth-order valence-corrected chi connectivity index (χ4v) is 2.50. The SMILES string of the molecule is N[C@@H]1[C@H](Cc2cccc(Cl)c2F)N(C(=O)O)CC1(F)F. The molecule has 4 nitrogen and oxygen atoms in total. The summed E-state index contributed by atoms with van der Waals surface area (Å²) in [4.78, 5) is 11.6. The van der Waals surface area contributed by atoms with Crippen LogP contribution in [0.1, 0.15) is 5.56 Å². The molecule has 1 amide bonds. The molecule has 0 bridgehead atoms. The van der Waals surface area contributed by atoms with Crippen LogP contribution in [-0.4, -0.2) is 40.7 Å². The van der Waals surface area contributed by atoms with Crippen molar-refractivity contribution in [2.24, 2.45) is 5.73 Å². The van der Waals surface area contributed by atoms with Crippen LogP contribution in [0.5, 0.6) is 0 Å². The van der Waals surface area contributed by atoms with Crippen LogP contribution in [0.2, 0.25) is 5.02 Å². The average Bonchev–Trinajstić information content (AvgIpc) is 2.59. The Morgan fingerprint density at radius 3 is 2.80 bits per heavy atom. The smallest absolute Gasteiger partial charge is 0.407 e. The number of nitrogens with two attached hydrogens (primary N) is 1. The van der Waals surface area contributed by atoms with Crippen molar-refractivity contribution in [1.29, 1.82) is 0 Å². The van der Waals surface area contributed by atoms with Gasteiger partial charge in [0.05, 0.1) is 23.7 Å². The number of amides is 1. The molecule has 0 aliphatic carbocycles. The maximum absolute atomic E-state index is 13.8. The van der Waals surface area contributed by atoms with E-state index in [1.165, 1.54) is 18.2 Å². The maximum Gasteiger partial charge on any atom is 0.407 e. The fourth-order valence-electron chi connectivity index (χ4n) is 2.30. The Labute approximate surface area is 117 Å². The third kappa shape index (κ3) is 2.55. The lowest BCUT2D eigenvalue weighted by atomic mass is 9.99. The van der Waals surface area contributed by atoms with Gasteiger partial charge in [0.2, 0.25) is 0 Å². The van der Waals surface area contributed by atoms with Gasteiger partial charge in [-0.2, -0.15) is 0 Å². The van der Waals surface area contributed by atoms with Crippen LogP contribution in [0, 0.1) is 5.82 Å². The molecular formula is C12H12ClF3N2O2. The Morgan fingerprint density at radius 1 is 1.55 bits per heavy atom. The number of carboxylic acid groups (broad SMARTS) is 1. The molecule has 1 heterocycles.